The van der Waals surface area contributed by atoms with Crippen LogP contribution in [-0.4, -0.2) is 28.6 Å². The van der Waals surface area contributed by atoms with Gasteiger partial charge in [-0.05, 0) is 12.3 Å². The third-order valence-corrected chi connectivity index (χ3v) is 6.59. The molecule has 1 aliphatic heterocycles. The van der Waals surface area contributed by atoms with Gasteiger partial charge in [-0.25, -0.2) is 0 Å². The van der Waals surface area contributed by atoms with Gasteiger partial charge in [0.05, 0.1) is 0 Å². The lowest BCUT2D eigenvalue weighted by molar-refractivity contribution is 0.317. The van der Waals surface area contributed by atoms with E-state index in [2.05, 4.69) is 23.5 Å². The molecule has 0 amide bonds. The van der Waals surface area contributed by atoms with Crippen LogP contribution in [-0.2, 0) is 0 Å². The van der Waals surface area contributed by atoms with Crippen LogP contribution < -0.4 is 5.73 Å². The van der Waals surface area contributed by atoms with Crippen molar-refractivity contribution in [3.63, 3.8) is 0 Å². The molecule has 1 saturated heterocycles. The van der Waals surface area contributed by atoms with Crippen molar-refractivity contribution in [2.75, 3.05) is 17.3 Å². The molecule has 3 heteroatoms. The van der Waals surface area contributed by atoms with Crippen LogP contribution >= 0.6 is 23.5 Å². The minimum atomic E-state index is 0.464. The summed E-state index contributed by atoms with van der Waals surface area (Å²) in [7, 11) is 0. The van der Waals surface area contributed by atoms with Gasteiger partial charge in [-0.1, -0.05) is 32.1 Å². The molecule has 2 unspecified atom stereocenters. The van der Waals surface area contributed by atoms with E-state index >= 15 is 0 Å². The van der Waals surface area contributed by atoms with Crippen molar-refractivity contribution in [1.82, 2.24) is 0 Å². The van der Waals surface area contributed by atoms with Gasteiger partial charge < -0.3 is 5.73 Å². The van der Waals surface area contributed by atoms with Crippen molar-refractivity contribution in [2.45, 2.75) is 49.8 Å². The minimum absolute atomic E-state index is 0.464. The van der Waals surface area contributed by atoms with Crippen LogP contribution in [0.1, 0.15) is 38.5 Å². The number of hydrogen-bond acceptors (Lipinski definition) is 3. The van der Waals surface area contributed by atoms with Crippen molar-refractivity contribution < 1.29 is 0 Å². The fraction of sp³-hybridized carbons (Fsp3) is 1.00. The molecule has 0 aromatic carbocycles. The predicted molar refractivity (Wildman–Crippen MR) is 72.7 cm³/mol. The lowest BCUT2D eigenvalue weighted by Crippen LogP contribution is -2.38. The summed E-state index contributed by atoms with van der Waals surface area (Å²) in [6.45, 7) is 0. The SMILES string of the molecule is NC(CC1CCCCC1)C1CSCCS1. The highest BCUT2D eigenvalue weighted by Crippen LogP contribution is 2.32. The normalized spacial score (nSPS) is 31.4. The van der Waals surface area contributed by atoms with Gasteiger partial charge in [0.1, 0.15) is 0 Å². The molecule has 0 spiro atoms. The van der Waals surface area contributed by atoms with E-state index in [-0.39, 0.29) is 0 Å². The molecule has 0 bridgehead atoms. The van der Waals surface area contributed by atoms with Crippen LogP contribution in [0.4, 0.5) is 0 Å². The molecule has 0 aromatic heterocycles. The molecule has 0 radical (unpaired) electrons. The number of thioether (sulfide) groups is 2. The van der Waals surface area contributed by atoms with Gasteiger partial charge >= 0.3 is 0 Å². The lowest BCUT2D eigenvalue weighted by Gasteiger charge is -2.31. The fourth-order valence-electron chi connectivity index (χ4n) is 2.71. The summed E-state index contributed by atoms with van der Waals surface area (Å²) in [4.78, 5) is 0. The predicted octanol–water partition coefficient (Wildman–Crippen LogP) is 3.13. The Morgan fingerprint density at radius 2 is 1.93 bits per heavy atom. The van der Waals surface area contributed by atoms with Crippen molar-refractivity contribution in [2.24, 2.45) is 11.7 Å². The maximum Gasteiger partial charge on any atom is 0.0289 e. The molecule has 2 rings (SSSR count). The van der Waals surface area contributed by atoms with Gasteiger partial charge in [-0.15, -0.1) is 0 Å². The van der Waals surface area contributed by atoms with Gasteiger partial charge in [0.2, 0.25) is 0 Å². The minimum Gasteiger partial charge on any atom is -0.327 e. The number of rotatable bonds is 3. The Morgan fingerprint density at radius 1 is 1.13 bits per heavy atom. The summed E-state index contributed by atoms with van der Waals surface area (Å²) < 4.78 is 0. The van der Waals surface area contributed by atoms with Gasteiger partial charge in [0, 0.05) is 28.6 Å². The summed E-state index contributed by atoms with van der Waals surface area (Å²) in [5.74, 6) is 4.88. The topological polar surface area (TPSA) is 26.0 Å². The zero-order chi connectivity index (χ0) is 10.5. The summed E-state index contributed by atoms with van der Waals surface area (Å²) in [5.41, 5.74) is 6.35. The second kappa shape index (κ2) is 6.41. The van der Waals surface area contributed by atoms with Gasteiger partial charge in [-0.3, -0.25) is 0 Å². The quantitative estimate of drug-likeness (QED) is 0.827. The average Bonchev–Trinajstić information content (AvgIpc) is 2.31. The maximum atomic E-state index is 6.35. The highest BCUT2D eigenvalue weighted by molar-refractivity contribution is 8.06. The Morgan fingerprint density at radius 3 is 2.60 bits per heavy atom. The molecule has 2 atom stereocenters. The summed E-state index contributed by atoms with van der Waals surface area (Å²) in [5, 5.41) is 0.741. The summed E-state index contributed by atoms with van der Waals surface area (Å²) in [6.07, 6.45) is 8.53. The summed E-state index contributed by atoms with van der Waals surface area (Å²) >= 11 is 4.21. The number of nitrogens with two attached hydrogens (primary N) is 1. The highest BCUT2D eigenvalue weighted by atomic mass is 32.2. The first-order chi connectivity index (χ1) is 7.36. The Hall–Kier alpha value is 0.660. The first-order valence-electron chi connectivity index (χ1n) is 6.31. The smallest absolute Gasteiger partial charge is 0.0289 e. The zero-order valence-corrected chi connectivity index (χ0v) is 11.1. The van der Waals surface area contributed by atoms with Crippen LogP contribution in [0.25, 0.3) is 0 Å². The summed E-state index contributed by atoms with van der Waals surface area (Å²) in [6, 6.07) is 0.464. The van der Waals surface area contributed by atoms with E-state index in [9.17, 15) is 0 Å². The monoisotopic (exact) mass is 245 g/mol. The van der Waals surface area contributed by atoms with E-state index in [1.54, 1.807) is 0 Å². The molecule has 2 N–H and O–H groups in total. The molecule has 1 saturated carbocycles. The molecule has 1 nitrogen and oxygen atoms in total. The Bertz CT molecular complexity index is 174. The maximum absolute atomic E-state index is 6.35. The van der Waals surface area contributed by atoms with Crippen molar-refractivity contribution >= 4 is 23.5 Å². The molecular formula is C12H23NS2. The lowest BCUT2D eigenvalue weighted by atomic mass is 9.84. The van der Waals surface area contributed by atoms with Gasteiger partial charge in [0.15, 0.2) is 0 Å². The van der Waals surface area contributed by atoms with Crippen molar-refractivity contribution in [3.05, 3.63) is 0 Å². The zero-order valence-electron chi connectivity index (χ0n) is 9.49. The fourth-order valence-corrected chi connectivity index (χ4v) is 5.55. The third-order valence-electron chi connectivity index (χ3n) is 3.65. The van der Waals surface area contributed by atoms with E-state index in [0.717, 1.165) is 11.2 Å². The Balaban J connectivity index is 1.72. The largest absolute Gasteiger partial charge is 0.327 e. The van der Waals surface area contributed by atoms with E-state index < -0.39 is 0 Å². The Kier molecular flexibility index (Phi) is 5.18. The van der Waals surface area contributed by atoms with E-state index in [0.29, 0.717) is 6.04 Å². The second-order valence-electron chi connectivity index (χ2n) is 4.89. The van der Waals surface area contributed by atoms with Crippen LogP contribution in [0.15, 0.2) is 0 Å². The van der Waals surface area contributed by atoms with Crippen molar-refractivity contribution in [1.29, 1.82) is 0 Å². The molecular weight excluding hydrogens is 222 g/mol. The molecule has 15 heavy (non-hydrogen) atoms. The number of hydrogen-bond donors (Lipinski definition) is 1. The average molecular weight is 245 g/mol. The molecule has 1 aliphatic carbocycles. The van der Waals surface area contributed by atoms with Crippen LogP contribution in [0.5, 0.6) is 0 Å². The van der Waals surface area contributed by atoms with Gasteiger partial charge in [-0.2, -0.15) is 23.5 Å². The first kappa shape index (κ1) is 12.1. The molecule has 2 fully saturated rings. The van der Waals surface area contributed by atoms with Crippen LogP contribution in [0, 0.1) is 5.92 Å². The van der Waals surface area contributed by atoms with Gasteiger partial charge in [0.25, 0.3) is 0 Å². The van der Waals surface area contributed by atoms with Crippen LogP contribution in [0.2, 0.25) is 0 Å². The molecule has 0 aromatic rings. The first-order valence-corrected chi connectivity index (χ1v) is 8.51. The standard InChI is InChI=1S/C12H23NS2/c13-11(12-9-14-6-7-15-12)8-10-4-2-1-3-5-10/h10-12H,1-9,13H2. The van der Waals surface area contributed by atoms with E-state index in [1.165, 1.54) is 55.8 Å². The van der Waals surface area contributed by atoms with Crippen molar-refractivity contribution in [3.8, 4) is 0 Å². The third kappa shape index (κ3) is 3.86. The Labute approximate surface area is 102 Å². The second-order valence-corrected chi connectivity index (χ2v) is 7.38. The van der Waals surface area contributed by atoms with Crippen LogP contribution in [0.3, 0.4) is 0 Å². The van der Waals surface area contributed by atoms with E-state index in [1.807, 2.05) is 0 Å². The molecule has 2 aliphatic rings. The highest BCUT2D eigenvalue weighted by Gasteiger charge is 2.24. The van der Waals surface area contributed by atoms with E-state index in [4.69, 9.17) is 5.73 Å². The molecule has 88 valence electrons. The molecule has 1 heterocycles.